The standard InChI is InChI=1S/C18H26BClFNO4.C12H24B2O4.C12H14ClFINO2/c1-16(2,3)24-15(23)22-10-11-8-9-12(14(21)13(11)20)19-25-17(4,5)18(6,7)26-19;1-9(2)10(3,4)16-13(15-9)14-17-11(5,6)12(7,8)18-14;1-12(2,3)18-11(17)16-6-7-4-5-8(15)10(14)9(7)13/h8-9H,10H2,1-7H3,(H,22,23);1-8H3;4-5H,6H2,1-3H3,(H,16,17). The molecule has 0 atom stereocenters. The van der Waals surface area contributed by atoms with Crippen molar-refractivity contribution in [2.24, 2.45) is 0 Å². The predicted molar refractivity (Wildman–Crippen MR) is 250 cm³/mol. The normalized spacial score (nSPS) is 20.4. The Labute approximate surface area is 392 Å². The minimum atomic E-state index is -0.842. The Morgan fingerprint density at radius 3 is 1.23 bits per heavy atom. The molecule has 3 aliphatic rings. The lowest BCUT2D eigenvalue weighted by Crippen LogP contribution is -2.41. The Hall–Kier alpha value is -1.90. The van der Waals surface area contributed by atoms with Gasteiger partial charge >= 0.3 is 33.3 Å². The van der Waals surface area contributed by atoms with Crippen LogP contribution in [0.2, 0.25) is 10.0 Å². The minimum absolute atomic E-state index is 0.0259. The van der Waals surface area contributed by atoms with Gasteiger partial charge in [-0.3, -0.25) is 0 Å². The van der Waals surface area contributed by atoms with Crippen LogP contribution < -0.4 is 16.1 Å². The Kier molecular flexibility index (Phi) is 17.1. The molecule has 20 heteroatoms. The summed E-state index contributed by atoms with van der Waals surface area (Å²) in [4.78, 5) is 23.2. The fourth-order valence-electron chi connectivity index (χ4n) is 5.56. The summed E-state index contributed by atoms with van der Waals surface area (Å²) in [7, 11) is -1.79. The number of ether oxygens (including phenoxy) is 2. The molecule has 0 aliphatic carbocycles. The Bertz CT molecular complexity index is 1860. The number of benzene rings is 2. The van der Waals surface area contributed by atoms with E-state index in [4.69, 9.17) is 60.6 Å². The second kappa shape index (κ2) is 19.5. The van der Waals surface area contributed by atoms with Crippen LogP contribution in [0.4, 0.5) is 18.4 Å². The van der Waals surface area contributed by atoms with E-state index in [1.54, 1.807) is 65.8 Å². The van der Waals surface area contributed by atoms with Crippen molar-refractivity contribution in [1.29, 1.82) is 0 Å². The number of carbonyl (C=O) groups excluding carboxylic acids is 2. The molecule has 3 heterocycles. The summed E-state index contributed by atoms with van der Waals surface area (Å²) in [5.41, 5.74) is -2.58. The van der Waals surface area contributed by atoms with E-state index in [9.17, 15) is 18.4 Å². The number of alkyl carbamates (subject to hydrolysis) is 2. The number of amides is 2. The number of hydrogen-bond donors (Lipinski definition) is 2. The van der Waals surface area contributed by atoms with Crippen molar-refractivity contribution in [1.82, 2.24) is 10.6 Å². The predicted octanol–water partition coefficient (Wildman–Crippen LogP) is 10.2. The zero-order chi connectivity index (χ0) is 47.8. The highest BCUT2D eigenvalue weighted by molar-refractivity contribution is 14.1. The molecule has 2 N–H and O–H groups in total. The molecular weight excluding hydrogens is 961 g/mol. The minimum Gasteiger partial charge on any atom is -0.444 e. The maximum atomic E-state index is 14.8. The molecular formula is C42H64B3Cl2F2IN2O10. The van der Waals surface area contributed by atoms with Crippen LogP contribution in [-0.4, -0.2) is 78.1 Å². The van der Waals surface area contributed by atoms with E-state index in [0.717, 1.165) is 0 Å². The largest absolute Gasteiger partial charge is 0.497 e. The first-order chi connectivity index (χ1) is 27.8. The van der Waals surface area contributed by atoms with E-state index in [1.165, 1.54) is 0 Å². The summed E-state index contributed by atoms with van der Waals surface area (Å²) in [5.74, 6) is -1.09. The summed E-state index contributed by atoms with van der Waals surface area (Å²) >= 11 is 13.9. The summed E-state index contributed by atoms with van der Waals surface area (Å²) in [6.45, 7) is 34.6. The van der Waals surface area contributed by atoms with Gasteiger partial charge in [0.2, 0.25) is 0 Å². The molecule has 2 amide bonds. The van der Waals surface area contributed by atoms with Crippen molar-refractivity contribution in [3.8, 4) is 0 Å². The SMILES string of the molecule is CC(C)(C)OC(=O)NCc1ccc(B2OC(C)(C)C(C)(C)O2)c(F)c1Cl.CC(C)(C)OC(=O)NCc1ccc(I)c(F)c1Cl.CC1(C)OB(B2OC(C)(C)C(C)(C)O2)OC1(C)C. The molecule has 0 bridgehead atoms. The Balaban J connectivity index is 0.000000255. The van der Waals surface area contributed by atoms with E-state index in [1.807, 2.05) is 106 Å². The van der Waals surface area contributed by atoms with Crippen molar-refractivity contribution in [2.75, 3.05) is 0 Å². The van der Waals surface area contributed by atoms with Gasteiger partial charge in [-0.1, -0.05) is 41.4 Å². The van der Waals surface area contributed by atoms with Gasteiger partial charge in [-0.25, -0.2) is 18.4 Å². The van der Waals surface area contributed by atoms with Crippen LogP contribution in [-0.2, 0) is 50.5 Å². The molecule has 0 unspecified atom stereocenters. The van der Waals surface area contributed by atoms with Gasteiger partial charge in [0.15, 0.2) is 5.82 Å². The molecule has 12 nitrogen and oxygen atoms in total. The van der Waals surface area contributed by atoms with Crippen LogP contribution in [0.5, 0.6) is 0 Å². The lowest BCUT2D eigenvalue weighted by molar-refractivity contribution is 0.00578. The molecule has 0 aromatic heterocycles. The maximum absolute atomic E-state index is 14.8. The van der Waals surface area contributed by atoms with Crippen molar-refractivity contribution in [3.63, 3.8) is 0 Å². The van der Waals surface area contributed by atoms with Crippen molar-refractivity contribution < 1.29 is 55.8 Å². The van der Waals surface area contributed by atoms with E-state index < -0.39 is 67.4 Å². The summed E-state index contributed by atoms with van der Waals surface area (Å²) in [5, 5.41) is 5.04. The molecule has 62 heavy (non-hydrogen) atoms. The number of nitrogens with one attached hydrogen (secondary N) is 2. The Morgan fingerprint density at radius 2 is 0.887 bits per heavy atom. The zero-order valence-electron chi connectivity index (χ0n) is 39.4. The highest BCUT2D eigenvalue weighted by Gasteiger charge is 2.63. The fraction of sp³-hybridized carbons (Fsp3) is 0.667. The highest BCUT2D eigenvalue weighted by atomic mass is 127. The van der Waals surface area contributed by atoms with Gasteiger partial charge in [0, 0.05) is 18.6 Å². The molecule has 3 saturated heterocycles. The van der Waals surface area contributed by atoms with E-state index in [0.29, 0.717) is 14.7 Å². The third-order valence-corrected chi connectivity index (χ3v) is 12.9. The van der Waals surface area contributed by atoms with Crippen LogP contribution in [0.1, 0.15) is 136 Å². The Morgan fingerprint density at radius 1 is 0.581 bits per heavy atom. The van der Waals surface area contributed by atoms with Crippen LogP contribution in [0.15, 0.2) is 24.3 Å². The van der Waals surface area contributed by atoms with E-state index in [-0.39, 0.29) is 51.0 Å². The molecule has 0 spiro atoms. The van der Waals surface area contributed by atoms with Gasteiger partial charge in [-0.2, -0.15) is 0 Å². The van der Waals surface area contributed by atoms with Crippen LogP contribution in [0, 0.1) is 15.2 Å². The average molecular weight is 1030 g/mol. The average Bonchev–Trinajstić information content (AvgIpc) is 3.55. The first kappa shape index (κ1) is 54.4. The summed E-state index contributed by atoms with van der Waals surface area (Å²) in [6.07, 6.45) is -1.15. The third kappa shape index (κ3) is 13.8. The fourth-order valence-corrected chi connectivity index (χ4v) is 6.64. The molecule has 0 radical (unpaired) electrons. The zero-order valence-corrected chi connectivity index (χ0v) is 43.1. The van der Waals surface area contributed by atoms with Crippen molar-refractivity contribution >= 4 is 84.6 Å². The lowest BCUT2D eigenvalue weighted by atomic mass is 9.49. The van der Waals surface area contributed by atoms with Crippen molar-refractivity contribution in [2.45, 2.75) is 183 Å². The van der Waals surface area contributed by atoms with Crippen molar-refractivity contribution in [3.05, 3.63) is 60.6 Å². The smallest absolute Gasteiger partial charge is 0.444 e. The molecule has 2 aromatic carbocycles. The number of carbonyl (C=O) groups is 2. The monoisotopic (exact) mass is 1020 g/mol. The first-order valence-electron chi connectivity index (χ1n) is 20.4. The van der Waals surface area contributed by atoms with E-state index >= 15 is 0 Å². The van der Waals surface area contributed by atoms with Gasteiger partial charge in [0.05, 0.1) is 47.2 Å². The summed E-state index contributed by atoms with van der Waals surface area (Å²) in [6, 6.07) is 6.48. The molecule has 346 valence electrons. The van der Waals surface area contributed by atoms with Crippen LogP contribution >= 0.6 is 45.8 Å². The third-order valence-electron chi connectivity index (χ3n) is 11.2. The molecule has 0 saturated carbocycles. The van der Waals surface area contributed by atoms with Crippen LogP contribution in [0.25, 0.3) is 0 Å². The van der Waals surface area contributed by atoms with Gasteiger partial charge in [0.25, 0.3) is 0 Å². The van der Waals surface area contributed by atoms with Gasteiger partial charge < -0.3 is 48.0 Å². The second-order valence-corrected chi connectivity index (χ2v) is 22.2. The number of hydrogen-bond acceptors (Lipinski definition) is 10. The summed E-state index contributed by atoms with van der Waals surface area (Å²) < 4.78 is 74.5. The highest BCUT2D eigenvalue weighted by Crippen LogP contribution is 2.43. The van der Waals surface area contributed by atoms with Gasteiger partial charge in [-0.15, -0.1) is 0 Å². The maximum Gasteiger partial charge on any atom is 0.497 e. The van der Waals surface area contributed by atoms with E-state index in [2.05, 4.69) is 10.6 Å². The first-order valence-corrected chi connectivity index (χ1v) is 22.3. The van der Waals surface area contributed by atoms with Crippen LogP contribution in [0.3, 0.4) is 0 Å². The molecule has 3 fully saturated rings. The molecule has 5 rings (SSSR count). The molecule has 3 aliphatic heterocycles. The van der Waals surface area contributed by atoms with Gasteiger partial charge in [0.1, 0.15) is 17.0 Å². The lowest BCUT2D eigenvalue weighted by Gasteiger charge is -2.32. The molecule has 2 aromatic rings. The second-order valence-electron chi connectivity index (χ2n) is 20.3. The van der Waals surface area contributed by atoms with Gasteiger partial charge in [-0.05, 0) is 164 Å². The quantitative estimate of drug-likeness (QED) is 0.164. The number of halogens is 5. The topological polar surface area (TPSA) is 132 Å². The number of rotatable bonds is 6.